The Hall–Kier alpha value is -1.56. The Morgan fingerprint density at radius 1 is 1.67 bits per heavy atom. The van der Waals surface area contributed by atoms with Crippen molar-refractivity contribution in [1.29, 1.82) is 0 Å². The number of amides is 2. The van der Waals surface area contributed by atoms with E-state index in [1.807, 2.05) is 0 Å². The minimum absolute atomic E-state index is 0.191. The lowest BCUT2D eigenvalue weighted by molar-refractivity contribution is -0.117. The molecule has 2 amide bonds. The van der Waals surface area contributed by atoms with Crippen LogP contribution in [0, 0.1) is 0 Å². The van der Waals surface area contributed by atoms with E-state index in [4.69, 9.17) is 10.8 Å². The van der Waals surface area contributed by atoms with Gasteiger partial charge in [0.25, 0.3) is 0 Å². The highest BCUT2D eigenvalue weighted by Gasteiger charge is 2.11. The number of carboxylic acid groups (broad SMARTS) is 1. The summed E-state index contributed by atoms with van der Waals surface area (Å²) in [6.07, 6.45) is -0.872. The van der Waals surface area contributed by atoms with Crippen molar-refractivity contribution < 1.29 is 14.7 Å². The first-order chi connectivity index (χ1) is 6.99. The lowest BCUT2D eigenvalue weighted by atomic mass is 10.2. The third kappa shape index (κ3) is 3.59. The second kappa shape index (κ2) is 4.79. The zero-order valence-corrected chi connectivity index (χ0v) is 9.00. The summed E-state index contributed by atoms with van der Waals surface area (Å²) in [4.78, 5) is 21.9. The fourth-order valence-corrected chi connectivity index (χ4v) is 2.09. The van der Waals surface area contributed by atoms with Crippen LogP contribution >= 0.6 is 11.3 Å². The zero-order valence-electron chi connectivity index (χ0n) is 8.19. The predicted octanol–water partition coefficient (Wildman–Crippen LogP) is 1.10. The number of nitrogens with one attached hydrogen (secondary N) is 1. The van der Waals surface area contributed by atoms with E-state index in [0.29, 0.717) is 0 Å². The summed E-state index contributed by atoms with van der Waals surface area (Å²) >= 11 is 1.41. The van der Waals surface area contributed by atoms with Gasteiger partial charge in [-0.3, -0.25) is 4.79 Å². The Morgan fingerprint density at radius 3 is 2.87 bits per heavy atom. The molecule has 4 N–H and O–H groups in total. The summed E-state index contributed by atoms with van der Waals surface area (Å²) in [5.74, 6) is -0.391. The van der Waals surface area contributed by atoms with Crippen molar-refractivity contribution in [3.05, 3.63) is 21.9 Å². The van der Waals surface area contributed by atoms with Gasteiger partial charge in [0.05, 0.1) is 12.5 Å². The summed E-state index contributed by atoms with van der Waals surface area (Å²) in [6.45, 7) is 1.74. The van der Waals surface area contributed by atoms with Crippen molar-refractivity contribution in [1.82, 2.24) is 5.32 Å². The molecule has 15 heavy (non-hydrogen) atoms. The molecule has 1 rings (SSSR count). The summed E-state index contributed by atoms with van der Waals surface area (Å²) in [5, 5.41) is 12.7. The van der Waals surface area contributed by atoms with Gasteiger partial charge in [-0.15, -0.1) is 11.3 Å². The van der Waals surface area contributed by atoms with Gasteiger partial charge in [0.15, 0.2) is 0 Å². The van der Waals surface area contributed by atoms with Crippen LogP contribution in [0.4, 0.5) is 4.79 Å². The normalized spacial score (nSPS) is 12.1. The summed E-state index contributed by atoms with van der Waals surface area (Å²) in [5.41, 5.74) is 5.87. The maximum atomic E-state index is 10.6. The fourth-order valence-electron chi connectivity index (χ4n) is 1.17. The van der Waals surface area contributed by atoms with Crippen LogP contribution < -0.4 is 11.1 Å². The molecule has 1 unspecified atom stereocenters. The topological polar surface area (TPSA) is 92.4 Å². The van der Waals surface area contributed by atoms with Crippen molar-refractivity contribution >= 4 is 23.3 Å². The van der Waals surface area contributed by atoms with Gasteiger partial charge < -0.3 is 16.2 Å². The van der Waals surface area contributed by atoms with E-state index in [0.717, 1.165) is 10.4 Å². The molecule has 1 heterocycles. The molecule has 0 aromatic carbocycles. The first-order valence-electron chi connectivity index (χ1n) is 4.34. The third-order valence-corrected chi connectivity index (χ3v) is 2.98. The van der Waals surface area contributed by atoms with Crippen LogP contribution in [0.2, 0.25) is 0 Å². The molecule has 5 nitrogen and oxygen atoms in total. The summed E-state index contributed by atoms with van der Waals surface area (Å²) < 4.78 is 0. The van der Waals surface area contributed by atoms with Crippen LogP contribution in [-0.4, -0.2) is 17.1 Å². The van der Waals surface area contributed by atoms with E-state index in [9.17, 15) is 9.59 Å². The van der Waals surface area contributed by atoms with Gasteiger partial charge in [-0.05, 0) is 23.9 Å². The lowest BCUT2D eigenvalue weighted by Gasteiger charge is -2.07. The number of carbonyl (C=O) groups excluding carboxylic acids is 1. The maximum absolute atomic E-state index is 10.6. The van der Waals surface area contributed by atoms with Crippen LogP contribution in [0.5, 0.6) is 0 Å². The van der Waals surface area contributed by atoms with Gasteiger partial charge >= 0.3 is 6.09 Å². The first-order valence-corrected chi connectivity index (χ1v) is 5.22. The van der Waals surface area contributed by atoms with Gasteiger partial charge in [0.1, 0.15) is 0 Å². The Kier molecular flexibility index (Phi) is 3.68. The van der Waals surface area contributed by atoms with Crippen LogP contribution in [0.25, 0.3) is 0 Å². The van der Waals surface area contributed by atoms with Crippen molar-refractivity contribution in [2.45, 2.75) is 19.4 Å². The van der Waals surface area contributed by atoms with Crippen molar-refractivity contribution in [2.75, 3.05) is 0 Å². The quantitative estimate of drug-likeness (QED) is 0.720. The van der Waals surface area contributed by atoms with Gasteiger partial charge in [-0.2, -0.15) is 0 Å². The number of carbonyl (C=O) groups is 2. The number of nitrogens with two attached hydrogens (primary N) is 1. The van der Waals surface area contributed by atoms with Crippen LogP contribution in [-0.2, 0) is 11.2 Å². The molecule has 1 aromatic heterocycles. The lowest BCUT2D eigenvalue weighted by Crippen LogP contribution is -2.23. The Balaban J connectivity index is 2.66. The number of thiophene rings is 1. The highest BCUT2D eigenvalue weighted by molar-refractivity contribution is 7.10. The standard InChI is InChI=1S/C9H12N2O3S/c1-5(11-9(13)14)7-2-6(4-15-7)3-8(10)12/h2,4-5,11H,3H2,1H3,(H2,10,12)(H,13,14). The molecule has 1 aromatic rings. The number of hydrogen-bond donors (Lipinski definition) is 3. The minimum atomic E-state index is -1.06. The largest absolute Gasteiger partial charge is 0.465 e. The Morgan fingerprint density at radius 2 is 2.33 bits per heavy atom. The van der Waals surface area contributed by atoms with E-state index in [1.165, 1.54) is 11.3 Å². The average molecular weight is 228 g/mol. The van der Waals surface area contributed by atoms with E-state index in [2.05, 4.69) is 5.32 Å². The van der Waals surface area contributed by atoms with Gasteiger partial charge in [0.2, 0.25) is 5.91 Å². The molecule has 6 heteroatoms. The molecule has 0 radical (unpaired) electrons. The van der Waals surface area contributed by atoms with Crippen LogP contribution in [0.15, 0.2) is 11.4 Å². The maximum Gasteiger partial charge on any atom is 0.405 e. The molecular weight excluding hydrogens is 216 g/mol. The molecule has 82 valence electrons. The third-order valence-electron chi connectivity index (χ3n) is 1.82. The molecular formula is C9H12N2O3S. The second-order valence-corrected chi connectivity index (χ2v) is 4.11. The van der Waals surface area contributed by atoms with Gasteiger partial charge in [0, 0.05) is 4.88 Å². The zero-order chi connectivity index (χ0) is 11.4. The van der Waals surface area contributed by atoms with Crippen molar-refractivity contribution in [3.63, 3.8) is 0 Å². The van der Waals surface area contributed by atoms with Gasteiger partial charge in [-0.25, -0.2) is 4.79 Å². The molecule has 0 spiro atoms. The number of hydrogen-bond acceptors (Lipinski definition) is 3. The van der Waals surface area contributed by atoms with E-state index >= 15 is 0 Å². The summed E-state index contributed by atoms with van der Waals surface area (Å²) in [6, 6.07) is 1.52. The van der Waals surface area contributed by atoms with Gasteiger partial charge in [-0.1, -0.05) is 0 Å². The monoisotopic (exact) mass is 228 g/mol. The number of rotatable bonds is 4. The van der Waals surface area contributed by atoms with Crippen LogP contribution in [0.1, 0.15) is 23.4 Å². The SMILES string of the molecule is CC(NC(=O)O)c1cc(CC(N)=O)cs1. The molecule has 0 aliphatic rings. The van der Waals surface area contributed by atoms with Crippen molar-refractivity contribution in [2.24, 2.45) is 5.73 Å². The highest BCUT2D eigenvalue weighted by atomic mass is 32.1. The van der Waals surface area contributed by atoms with E-state index in [-0.39, 0.29) is 12.5 Å². The molecule has 0 saturated heterocycles. The molecule has 0 aliphatic carbocycles. The average Bonchev–Trinajstić information content (AvgIpc) is 2.50. The predicted molar refractivity (Wildman–Crippen MR) is 56.8 cm³/mol. The molecule has 0 bridgehead atoms. The molecule has 0 saturated carbocycles. The fraction of sp³-hybridized carbons (Fsp3) is 0.333. The molecule has 1 atom stereocenters. The Labute approximate surface area is 90.9 Å². The highest BCUT2D eigenvalue weighted by Crippen LogP contribution is 2.22. The van der Waals surface area contributed by atoms with Crippen LogP contribution in [0.3, 0.4) is 0 Å². The Bertz CT molecular complexity index is 375. The molecule has 0 fully saturated rings. The van der Waals surface area contributed by atoms with E-state index < -0.39 is 12.0 Å². The number of primary amides is 1. The smallest absolute Gasteiger partial charge is 0.405 e. The minimum Gasteiger partial charge on any atom is -0.465 e. The summed E-state index contributed by atoms with van der Waals surface area (Å²) in [7, 11) is 0. The van der Waals surface area contributed by atoms with E-state index in [1.54, 1.807) is 18.4 Å². The molecule has 0 aliphatic heterocycles. The first kappa shape index (κ1) is 11.5. The van der Waals surface area contributed by atoms with Crippen molar-refractivity contribution in [3.8, 4) is 0 Å². The second-order valence-electron chi connectivity index (χ2n) is 3.17.